The standard InChI is InChI=1S/C12H12BrN3O2S/c1-16-7-14-15-12(16)19-6-9-4-3-8(5-10(9)13)11(17)18-2/h3-5,7H,6H2,1-2H3. The average molecular weight is 342 g/mol. The van der Waals surface area contributed by atoms with Crippen molar-refractivity contribution in [3.63, 3.8) is 0 Å². The molecule has 5 nitrogen and oxygen atoms in total. The number of hydrogen-bond acceptors (Lipinski definition) is 5. The van der Waals surface area contributed by atoms with Crippen molar-refractivity contribution < 1.29 is 9.53 Å². The SMILES string of the molecule is COC(=O)c1ccc(CSc2nncn2C)c(Br)c1. The molecule has 100 valence electrons. The lowest BCUT2D eigenvalue weighted by Crippen LogP contribution is -2.01. The van der Waals surface area contributed by atoms with Gasteiger partial charge < -0.3 is 9.30 Å². The largest absolute Gasteiger partial charge is 0.465 e. The van der Waals surface area contributed by atoms with E-state index in [9.17, 15) is 4.79 Å². The van der Waals surface area contributed by atoms with Gasteiger partial charge in [0.2, 0.25) is 0 Å². The van der Waals surface area contributed by atoms with Gasteiger partial charge in [0.15, 0.2) is 5.16 Å². The fraction of sp³-hybridized carbons (Fsp3) is 0.250. The highest BCUT2D eigenvalue weighted by Gasteiger charge is 2.09. The maximum absolute atomic E-state index is 11.4. The summed E-state index contributed by atoms with van der Waals surface area (Å²) in [6.07, 6.45) is 1.66. The number of hydrogen-bond donors (Lipinski definition) is 0. The monoisotopic (exact) mass is 341 g/mol. The molecule has 19 heavy (non-hydrogen) atoms. The molecular weight excluding hydrogens is 330 g/mol. The van der Waals surface area contributed by atoms with Crippen LogP contribution in [0.1, 0.15) is 15.9 Å². The van der Waals surface area contributed by atoms with E-state index in [1.165, 1.54) is 7.11 Å². The van der Waals surface area contributed by atoms with E-state index >= 15 is 0 Å². The van der Waals surface area contributed by atoms with E-state index < -0.39 is 0 Å². The van der Waals surface area contributed by atoms with Gasteiger partial charge in [-0.2, -0.15) is 0 Å². The fourth-order valence-electron chi connectivity index (χ4n) is 1.45. The Balaban J connectivity index is 2.09. The zero-order chi connectivity index (χ0) is 13.8. The molecule has 1 aromatic carbocycles. The molecule has 0 N–H and O–H groups in total. The van der Waals surface area contributed by atoms with Crippen molar-refractivity contribution in [2.45, 2.75) is 10.9 Å². The summed E-state index contributed by atoms with van der Waals surface area (Å²) in [4.78, 5) is 11.4. The Morgan fingerprint density at radius 1 is 1.53 bits per heavy atom. The second kappa shape index (κ2) is 6.21. The number of esters is 1. The molecule has 0 spiro atoms. The third-order valence-electron chi connectivity index (χ3n) is 2.50. The normalized spacial score (nSPS) is 10.5. The number of thioether (sulfide) groups is 1. The third kappa shape index (κ3) is 3.36. The number of aromatic nitrogens is 3. The van der Waals surface area contributed by atoms with Crippen LogP contribution in [0.2, 0.25) is 0 Å². The predicted molar refractivity (Wildman–Crippen MR) is 76.0 cm³/mol. The average Bonchev–Trinajstić information content (AvgIpc) is 2.82. The summed E-state index contributed by atoms with van der Waals surface area (Å²) in [7, 11) is 3.27. The van der Waals surface area contributed by atoms with E-state index in [4.69, 9.17) is 0 Å². The molecule has 0 aliphatic heterocycles. The van der Waals surface area contributed by atoms with Gasteiger partial charge in [-0.15, -0.1) is 10.2 Å². The Morgan fingerprint density at radius 3 is 2.89 bits per heavy atom. The van der Waals surface area contributed by atoms with E-state index in [-0.39, 0.29) is 5.97 Å². The Morgan fingerprint density at radius 2 is 2.32 bits per heavy atom. The van der Waals surface area contributed by atoms with Gasteiger partial charge in [-0.25, -0.2) is 4.79 Å². The second-order valence-corrected chi connectivity index (χ2v) is 5.61. The van der Waals surface area contributed by atoms with Crippen molar-refractivity contribution in [1.82, 2.24) is 14.8 Å². The smallest absolute Gasteiger partial charge is 0.337 e. The molecule has 0 aliphatic rings. The van der Waals surface area contributed by atoms with Crippen molar-refractivity contribution >= 4 is 33.7 Å². The van der Waals surface area contributed by atoms with Crippen LogP contribution in [0.15, 0.2) is 34.2 Å². The predicted octanol–water partition coefficient (Wildman–Crippen LogP) is 2.66. The number of rotatable bonds is 4. The van der Waals surface area contributed by atoms with Crippen LogP contribution in [0.3, 0.4) is 0 Å². The Labute approximate surface area is 123 Å². The number of carbonyl (C=O) groups is 1. The number of carbonyl (C=O) groups excluding carboxylic acids is 1. The minimum atomic E-state index is -0.340. The first kappa shape index (κ1) is 14.1. The lowest BCUT2D eigenvalue weighted by molar-refractivity contribution is 0.0600. The highest BCUT2D eigenvalue weighted by Crippen LogP contribution is 2.26. The summed E-state index contributed by atoms with van der Waals surface area (Å²) >= 11 is 5.05. The van der Waals surface area contributed by atoms with Crippen molar-refractivity contribution in [1.29, 1.82) is 0 Å². The molecule has 0 radical (unpaired) electrons. The lowest BCUT2D eigenvalue weighted by Gasteiger charge is -2.06. The zero-order valence-corrected chi connectivity index (χ0v) is 12.9. The molecular formula is C12H12BrN3O2S. The highest BCUT2D eigenvalue weighted by molar-refractivity contribution is 9.10. The highest BCUT2D eigenvalue weighted by atomic mass is 79.9. The number of aryl methyl sites for hydroxylation is 1. The van der Waals surface area contributed by atoms with Crippen LogP contribution in [0, 0.1) is 0 Å². The Bertz CT molecular complexity index is 600. The van der Waals surface area contributed by atoms with E-state index in [0.717, 1.165) is 20.9 Å². The van der Waals surface area contributed by atoms with Gasteiger partial charge in [0.25, 0.3) is 0 Å². The van der Waals surface area contributed by atoms with Gasteiger partial charge in [0.05, 0.1) is 12.7 Å². The molecule has 0 fully saturated rings. The van der Waals surface area contributed by atoms with Crippen LogP contribution in [0.5, 0.6) is 0 Å². The number of benzene rings is 1. The molecule has 1 heterocycles. The summed E-state index contributed by atoms with van der Waals surface area (Å²) in [6.45, 7) is 0. The molecule has 0 atom stereocenters. The van der Waals surface area contributed by atoms with E-state index in [2.05, 4.69) is 30.9 Å². The molecule has 2 aromatic rings. The number of methoxy groups -OCH3 is 1. The fourth-order valence-corrected chi connectivity index (χ4v) is 3.05. The molecule has 0 aliphatic carbocycles. The van der Waals surface area contributed by atoms with Crippen LogP contribution < -0.4 is 0 Å². The molecule has 2 rings (SSSR count). The number of ether oxygens (including phenoxy) is 1. The first-order valence-electron chi connectivity index (χ1n) is 5.45. The molecule has 0 bridgehead atoms. The van der Waals surface area contributed by atoms with Gasteiger partial charge in [-0.1, -0.05) is 33.8 Å². The molecule has 1 aromatic heterocycles. The molecule has 0 saturated carbocycles. The molecule has 0 saturated heterocycles. The third-order valence-corrected chi connectivity index (χ3v) is 4.32. The first-order chi connectivity index (χ1) is 9.11. The van der Waals surface area contributed by atoms with Gasteiger partial charge in [-0.05, 0) is 17.7 Å². The minimum Gasteiger partial charge on any atom is -0.465 e. The lowest BCUT2D eigenvalue weighted by atomic mass is 10.1. The summed E-state index contributed by atoms with van der Waals surface area (Å²) in [5.41, 5.74) is 1.61. The minimum absolute atomic E-state index is 0.340. The topological polar surface area (TPSA) is 57.0 Å². The number of nitrogens with zero attached hydrogens (tertiary/aromatic N) is 3. The Hall–Kier alpha value is -1.34. The van der Waals surface area contributed by atoms with E-state index in [1.807, 2.05) is 17.7 Å². The van der Waals surface area contributed by atoms with E-state index in [0.29, 0.717) is 5.56 Å². The van der Waals surface area contributed by atoms with Crippen molar-refractivity contribution in [2.24, 2.45) is 7.05 Å². The van der Waals surface area contributed by atoms with Gasteiger partial charge >= 0.3 is 5.97 Å². The van der Waals surface area contributed by atoms with Crippen molar-refractivity contribution in [3.05, 3.63) is 40.1 Å². The van der Waals surface area contributed by atoms with Gasteiger partial charge in [0.1, 0.15) is 6.33 Å². The summed E-state index contributed by atoms with van der Waals surface area (Å²) in [6, 6.07) is 5.42. The molecule has 7 heteroatoms. The van der Waals surface area contributed by atoms with Crippen LogP contribution >= 0.6 is 27.7 Å². The van der Waals surface area contributed by atoms with Gasteiger partial charge in [-0.3, -0.25) is 0 Å². The Kier molecular flexibility index (Phi) is 4.60. The number of halogens is 1. The summed E-state index contributed by atoms with van der Waals surface area (Å²) in [5.74, 6) is 0.405. The summed E-state index contributed by atoms with van der Waals surface area (Å²) < 4.78 is 7.42. The maximum Gasteiger partial charge on any atom is 0.337 e. The molecule has 0 unspecified atom stereocenters. The molecule has 0 amide bonds. The van der Waals surface area contributed by atoms with Crippen LogP contribution in [-0.2, 0) is 17.5 Å². The van der Waals surface area contributed by atoms with Crippen LogP contribution in [-0.4, -0.2) is 27.8 Å². The zero-order valence-electron chi connectivity index (χ0n) is 10.5. The van der Waals surface area contributed by atoms with Crippen LogP contribution in [0.4, 0.5) is 0 Å². The van der Waals surface area contributed by atoms with Gasteiger partial charge in [0, 0.05) is 17.3 Å². The van der Waals surface area contributed by atoms with Crippen molar-refractivity contribution in [2.75, 3.05) is 7.11 Å². The maximum atomic E-state index is 11.4. The van der Waals surface area contributed by atoms with E-state index in [1.54, 1.807) is 30.2 Å². The first-order valence-corrected chi connectivity index (χ1v) is 7.23. The van der Waals surface area contributed by atoms with Crippen LogP contribution in [0.25, 0.3) is 0 Å². The quantitative estimate of drug-likeness (QED) is 0.632. The summed E-state index contributed by atoms with van der Waals surface area (Å²) in [5, 5.41) is 8.68. The second-order valence-electron chi connectivity index (χ2n) is 3.81. The van der Waals surface area contributed by atoms with Crippen molar-refractivity contribution in [3.8, 4) is 0 Å².